The van der Waals surface area contributed by atoms with Gasteiger partial charge in [0.2, 0.25) is 11.8 Å². The Hall–Kier alpha value is -2.93. The molecule has 0 aliphatic heterocycles. The van der Waals surface area contributed by atoms with Crippen LogP contribution in [0.1, 0.15) is 16.8 Å². The summed E-state index contributed by atoms with van der Waals surface area (Å²) in [4.78, 5) is 36.2. The van der Waals surface area contributed by atoms with Crippen LogP contribution in [0.5, 0.6) is 0 Å². The molecule has 1 aliphatic rings. The van der Waals surface area contributed by atoms with Crippen LogP contribution in [-0.2, 0) is 14.3 Å². The van der Waals surface area contributed by atoms with E-state index in [-0.39, 0.29) is 28.1 Å². The molecule has 8 heteroatoms. The van der Waals surface area contributed by atoms with E-state index in [0.29, 0.717) is 12.1 Å². The van der Waals surface area contributed by atoms with Crippen LogP contribution in [0.15, 0.2) is 42.5 Å². The van der Waals surface area contributed by atoms with E-state index in [2.05, 4.69) is 15.4 Å². The van der Waals surface area contributed by atoms with Gasteiger partial charge in [-0.1, -0.05) is 17.7 Å². The molecule has 27 heavy (non-hydrogen) atoms. The second kappa shape index (κ2) is 7.75. The number of halogens is 2. The van der Waals surface area contributed by atoms with E-state index in [1.807, 2.05) is 0 Å². The van der Waals surface area contributed by atoms with Crippen molar-refractivity contribution in [2.45, 2.75) is 6.42 Å². The molecule has 1 fully saturated rings. The molecule has 6 nitrogen and oxygen atoms in total. The molecule has 0 heterocycles. The van der Waals surface area contributed by atoms with Crippen LogP contribution < -0.4 is 10.6 Å². The van der Waals surface area contributed by atoms with Crippen LogP contribution >= 0.6 is 11.6 Å². The predicted molar refractivity (Wildman–Crippen MR) is 98.0 cm³/mol. The van der Waals surface area contributed by atoms with E-state index in [4.69, 9.17) is 11.6 Å². The molecule has 140 valence electrons. The summed E-state index contributed by atoms with van der Waals surface area (Å²) in [5.41, 5.74) is 0.842. The summed E-state index contributed by atoms with van der Waals surface area (Å²) < 4.78 is 17.8. The van der Waals surface area contributed by atoms with Crippen molar-refractivity contribution in [3.8, 4) is 0 Å². The van der Waals surface area contributed by atoms with Gasteiger partial charge in [-0.05, 0) is 42.8 Å². The lowest BCUT2D eigenvalue weighted by molar-refractivity contribution is -0.122. The minimum Gasteiger partial charge on any atom is -0.465 e. The molecule has 0 bridgehead atoms. The first-order valence-corrected chi connectivity index (χ1v) is 8.52. The largest absolute Gasteiger partial charge is 0.465 e. The molecule has 0 aromatic heterocycles. The van der Waals surface area contributed by atoms with Gasteiger partial charge in [0.1, 0.15) is 5.82 Å². The van der Waals surface area contributed by atoms with Crippen LogP contribution in [-0.4, -0.2) is 24.9 Å². The lowest BCUT2D eigenvalue weighted by atomic mass is 10.2. The minimum atomic E-state index is -0.555. The van der Waals surface area contributed by atoms with Crippen molar-refractivity contribution in [2.75, 3.05) is 17.7 Å². The smallest absolute Gasteiger partial charge is 0.337 e. The molecule has 0 radical (unpaired) electrons. The number of methoxy groups -OCH3 is 1. The first-order valence-electron chi connectivity index (χ1n) is 8.14. The summed E-state index contributed by atoms with van der Waals surface area (Å²) in [5.74, 6) is -2.76. The Balaban J connectivity index is 1.62. The Morgan fingerprint density at radius 3 is 2.44 bits per heavy atom. The Morgan fingerprint density at radius 2 is 1.78 bits per heavy atom. The normalized spacial score (nSPS) is 17.7. The molecule has 2 amide bonds. The van der Waals surface area contributed by atoms with Crippen molar-refractivity contribution < 1.29 is 23.5 Å². The van der Waals surface area contributed by atoms with E-state index in [0.717, 1.165) is 0 Å². The lowest BCUT2D eigenvalue weighted by Crippen LogP contribution is -2.21. The zero-order chi connectivity index (χ0) is 19.6. The van der Waals surface area contributed by atoms with E-state index in [1.165, 1.54) is 43.5 Å². The van der Waals surface area contributed by atoms with Gasteiger partial charge in [0.05, 0.1) is 35.2 Å². The highest BCUT2D eigenvalue weighted by molar-refractivity contribution is 6.34. The fourth-order valence-electron chi connectivity index (χ4n) is 2.67. The summed E-state index contributed by atoms with van der Waals surface area (Å²) in [5, 5.41) is 5.48. The minimum absolute atomic E-state index is 0.244. The number of carbonyl (C=O) groups excluding carboxylic acids is 3. The van der Waals surface area contributed by atoms with Crippen molar-refractivity contribution in [1.29, 1.82) is 0 Å². The van der Waals surface area contributed by atoms with E-state index < -0.39 is 23.6 Å². The summed E-state index contributed by atoms with van der Waals surface area (Å²) >= 11 is 6.05. The van der Waals surface area contributed by atoms with Gasteiger partial charge in [-0.15, -0.1) is 0 Å². The summed E-state index contributed by atoms with van der Waals surface area (Å²) in [6.45, 7) is 0. The number of ether oxygens (including phenoxy) is 1. The van der Waals surface area contributed by atoms with Crippen LogP contribution in [0.25, 0.3) is 0 Å². The Bertz CT molecular complexity index is 918. The fraction of sp³-hybridized carbons (Fsp3) is 0.211. The van der Waals surface area contributed by atoms with Gasteiger partial charge in [-0.2, -0.15) is 0 Å². The molecular formula is C19H16ClFN2O4. The molecule has 2 N–H and O–H groups in total. The van der Waals surface area contributed by atoms with Crippen LogP contribution in [0.2, 0.25) is 5.02 Å². The zero-order valence-corrected chi connectivity index (χ0v) is 15.0. The third kappa shape index (κ3) is 4.43. The van der Waals surface area contributed by atoms with Gasteiger partial charge in [0.15, 0.2) is 0 Å². The predicted octanol–water partition coefficient (Wildman–Crippen LogP) is 3.48. The van der Waals surface area contributed by atoms with Crippen molar-refractivity contribution in [3.05, 3.63) is 58.9 Å². The molecule has 1 aliphatic carbocycles. The van der Waals surface area contributed by atoms with Crippen molar-refractivity contribution in [3.63, 3.8) is 0 Å². The van der Waals surface area contributed by atoms with Gasteiger partial charge in [0, 0.05) is 5.69 Å². The standard InChI is InChI=1S/C19H16ClFN2O4/c1-27-19(26)10-5-6-15(20)16(7-10)23-18(25)14-9-13(14)17(24)22-12-4-2-3-11(21)8-12/h2-8,13-14H,9H2,1H3,(H,22,24)(H,23,25). The first-order chi connectivity index (χ1) is 12.9. The van der Waals surface area contributed by atoms with Gasteiger partial charge >= 0.3 is 5.97 Å². The molecule has 2 aromatic rings. The lowest BCUT2D eigenvalue weighted by Gasteiger charge is -2.09. The van der Waals surface area contributed by atoms with E-state index in [1.54, 1.807) is 6.07 Å². The maximum atomic E-state index is 13.2. The SMILES string of the molecule is COC(=O)c1ccc(Cl)c(NC(=O)C2CC2C(=O)Nc2cccc(F)c2)c1. The Labute approximate surface area is 159 Å². The average Bonchev–Trinajstić information content (AvgIpc) is 3.44. The second-order valence-corrected chi connectivity index (χ2v) is 6.53. The monoisotopic (exact) mass is 390 g/mol. The molecule has 2 atom stereocenters. The third-order valence-electron chi connectivity index (χ3n) is 4.20. The molecule has 3 rings (SSSR count). The Morgan fingerprint density at radius 1 is 1.07 bits per heavy atom. The number of anilines is 2. The zero-order valence-electron chi connectivity index (χ0n) is 14.3. The van der Waals surface area contributed by atoms with Gasteiger partial charge in [-0.3, -0.25) is 9.59 Å². The van der Waals surface area contributed by atoms with E-state index in [9.17, 15) is 18.8 Å². The highest BCUT2D eigenvalue weighted by Gasteiger charge is 2.48. The van der Waals surface area contributed by atoms with Crippen molar-refractivity contribution in [2.24, 2.45) is 11.8 Å². The average molecular weight is 391 g/mol. The summed E-state index contributed by atoms with van der Waals surface area (Å²) in [7, 11) is 1.25. The van der Waals surface area contributed by atoms with Crippen molar-refractivity contribution >= 4 is 40.8 Å². The summed E-state index contributed by atoms with van der Waals surface area (Å²) in [6, 6.07) is 9.90. The molecule has 2 unspecified atom stereocenters. The van der Waals surface area contributed by atoms with E-state index >= 15 is 0 Å². The van der Waals surface area contributed by atoms with Crippen LogP contribution in [0.4, 0.5) is 15.8 Å². The van der Waals surface area contributed by atoms with Gasteiger partial charge in [-0.25, -0.2) is 9.18 Å². The number of rotatable bonds is 5. The Kier molecular flexibility index (Phi) is 5.41. The topological polar surface area (TPSA) is 84.5 Å². The number of esters is 1. The van der Waals surface area contributed by atoms with Gasteiger partial charge < -0.3 is 15.4 Å². The first kappa shape index (κ1) is 18.8. The highest BCUT2D eigenvalue weighted by Crippen LogP contribution is 2.40. The molecule has 1 saturated carbocycles. The highest BCUT2D eigenvalue weighted by atomic mass is 35.5. The number of benzene rings is 2. The number of carbonyl (C=O) groups is 3. The fourth-order valence-corrected chi connectivity index (χ4v) is 2.83. The third-order valence-corrected chi connectivity index (χ3v) is 4.53. The molecule has 0 saturated heterocycles. The second-order valence-electron chi connectivity index (χ2n) is 6.12. The number of amides is 2. The van der Waals surface area contributed by atoms with Crippen LogP contribution in [0, 0.1) is 17.7 Å². The molecule has 2 aromatic carbocycles. The van der Waals surface area contributed by atoms with Crippen molar-refractivity contribution in [1.82, 2.24) is 0 Å². The number of hydrogen-bond donors (Lipinski definition) is 2. The summed E-state index contributed by atoms with van der Waals surface area (Å²) in [6.07, 6.45) is 0.376. The number of nitrogens with one attached hydrogen (secondary N) is 2. The maximum Gasteiger partial charge on any atom is 0.337 e. The van der Waals surface area contributed by atoms with Crippen LogP contribution in [0.3, 0.4) is 0 Å². The quantitative estimate of drug-likeness (QED) is 0.765. The molecule has 0 spiro atoms. The molecular weight excluding hydrogens is 375 g/mol. The maximum absolute atomic E-state index is 13.2. The number of hydrogen-bond acceptors (Lipinski definition) is 4. The van der Waals surface area contributed by atoms with Gasteiger partial charge in [0.25, 0.3) is 0 Å².